The number of halogens is 6. The molecule has 206 valence electrons. The molecule has 1 aliphatic carbocycles. The van der Waals surface area contributed by atoms with E-state index in [4.69, 9.17) is 9.47 Å². The van der Waals surface area contributed by atoms with Gasteiger partial charge in [0.15, 0.2) is 11.7 Å². The van der Waals surface area contributed by atoms with Crippen molar-refractivity contribution >= 4 is 11.7 Å². The Kier molecular flexibility index (Phi) is 6.82. The van der Waals surface area contributed by atoms with Gasteiger partial charge < -0.3 is 24.1 Å². The summed E-state index contributed by atoms with van der Waals surface area (Å²) in [5.74, 6) is 0.196. The predicted octanol–water partition coefficient (Wildman–Crippen LogP) is 4.78. The Morgan fingerprint density at radius 2 is 1.95 bits per heavy atom. The molecular weight excluding hydrogens is 522 g/mol. The second kappa shape index (κ2) is 9.51. The van der Waals surface area contributed by atoms with Crippen LogP contribution in [-0.2, 0) is 0 Å². The van der Waals surface area contributed by atoms with Crippen LogP contribution in [0.3, 0.4) is 0 Å². The SMILES string of the molecule is CCN(C(=O)N[C@@H]1C[C@@]1(C)C(F)(F)F)C(c1cc(-c2cn3ccnc3c(OC)n2)c(OC)cn1)C(F)(F)F. The molecule has 1 N–H and O–H groups in total. The summed E-state index contributed by atoms with van der Waals surface area (Å²) in [5.41, 5.74) is -2.12. The van der Waals surface area contributed by atoms with E-state index in [9.17, 15) is 31.1 Å². The van der Waals surface area contributed by atoms with Gasteiger partial charge in [-0.1, -0.05) is 0 Å². The van der Waals surface area contributed by atoms with E-state index in [0.717, 1.165) is 19.2 Å². The number of imidazole rings is 1. The van der Waals surface area contributed by atoms with Crippen molar-refractivity contribution < 1.29 is 40.6 Å². The van der Waals surface area contributed by atoms with Gasteiger partial charge in [-0.05, 0) is 26.3 Å². The second-order valence-electron chi connectivity index (χ2n) is 8.95. The van der Waals surface area contributed by atoms with Gasteiger partial charge in [-0.2, -0.15) is 26.3 Å². The molecule has 3 atom stereocenters. The lowest BCUT2D eigenvalue weighted by molar-refractivity contribution is -0.185. The first-order valence-electron chi connectivity index (χ1n) is 11.4. The molecule has 1 unspecified atom stereocenters. The van der Waals surface area contributed by atoms with Crippen LogP contribution >= 0.6 is 0 Å². The van der Waals surface area contributed by atoms with Crippen LogP contribution in [-0.4, -0.2) is 69.4 Å². The van der Waals surface area contributed by atoms with Crippen molar-refractivity contribution in [3.8, 4) is 22.9 Å². The number of nitrogens with zero attached hydrogens (tertiary/aromatic N) is 5. The van der Waals surface area contributed by atoms with E-state index in [1.165, 1.54) is 33.5 Å². The summed E-state index contributed by atoms with van der Waals surface area (Å²) in [5, 5.41) is 2.10. The molecule has 38 heavy (non-hydrogen) atoms. The van der Waals surface area contributed by atoms with E-state index < -0.39 is 54.5 Å². The molecule has 3 heterocycles. The highest BCUT2D eigenvalue weighted by Crippen LogP contribution is 2.57. The third kappa shape index (κ3) is 4.76. The molecule has 0 radical (unpaired) electrons. The average Bonchev–Trinajstić information content (AvgIpc) is 3.28. The quantitative estimate of drug-likeness (QED) is 0.429. The first-order valence-corrected chi connectivity index (χ1v) is 11.4. The maximum atomic E-state index is 14.4. The van der Waals surface area contributed by atoms with E-state index in [0.29, 0.717) is 10.5 Å². The third-order valence-corrected chi connectivity index (χ3v) is 6.61. The van der Waals surface area contributed by atoms with Crippen molar-refractivity contribution in [3.05, 3.63) is 36.5 Å². The monoisotopic (exact) mass is 546 g/mol. The molecule has 2 amide bonds. The van der Waals surface area contributed by atoms with Gasteiger partial charge in [-0.15, -0.1) is 0 Å². The molecule has 1 fully saturated rings. The minimum absolute atomic E-state index is 0.0927. The van der Waals surface area contributed by atoms with Gasteiger partial charge in [0.25, 0.3) is 5.88 Å². The molecule has 1 saturated carbocycles. The maximum Gasteiger partial charge on any atom is 0.414 e. The summed E-state index contributed by atoms with van der Waals surface area (Å²) in [6.07, 6.45) is -4.41. The van der Waals surface area contributed by atoms with Crippen molar-refractivity contribution in [2.24, 2.45) is 5.41 Å². The molecular formula is C23H24F6N6O3. The highest BCUT2D eigenvalue weighted by molar-refractivity contribution is 5.76. The average molecular weight is 546 g/mol. The van der Waals surface area contributed by atoms with Crippen LogP contribution in [0.1, 0.15) is 32.0 Å². The summed E-state index contributed by atoms with van der Waals surface area (Å²) in [6, 6.07) is -4.11. The number of amides is 2. The van der Waals surface area contributed by atoms with Crippen molar-refractivity contribution in [2.45, 2.75) is 44.7 Å². The molecule has 0 bridgehead atoms. The molecule has 0 spiro atoms. The van der Waals surface area contributed by atoms with E-state index in [2.05, 4.69) is 20.3 Å². The van der Waals surface area contributed by atoms with Crippen molar-refractivity contribution in [2.75, 3.05) is 20.8 Å². The number of hydrogen-bond acceptors (Lipinski definition) is 6. The Labute approximate surface area is 212 Å². The molecule has 3 aromatic rings. The standard InChI is InChI=1S/C23H24F6N6O3/c1-5-35(20(36)33-16-9-21(16,2)23(27,28)29)17(22(24,25)26)13-8-12(15(37-3)10-31-13)14-11-34-7-6-30-18(34)19(32-14)38-4/h6-8,10-11,16-17H,5,9H2,1-4H3,(H,33,36)/t16-,17?,21-/m1/s1. The van der Waals surface area contributed by atoms with Crippen molar-refractivity contribution in [1.82, 2.24) is 29.6 Å². The first-order chi connectivity index (χ1) is 17.7. The topological polar surface area (TPSA) is 93.9 Å². The first kappa shape index (κ1) is 27.3. The Morgan fingerprint density at radius 1 is 1.24 bits per heavy atom. The van der Waals surface area contributed by atoms with Crippen LogP contribution in [0.4, 0.5) is 31.1 Å². The van der Waals surface area contributed by atoms with Crippen LogP contribution in [0.2, 0.25) is 0 Å². The van der Waals surface area contributed by atoms with Gasteiger partial charge in [0.1, 0.15) is 5.75 Å². The maximum absolute atomic E-state index is 14.4. The number of pyridine rings is 1. The molecule has 9 nitrogen and oxygen atoms in total. The molecule has 0 aromatic carbocycles. The van der Waals surface area contributed by atoms with Crippen molar-refractivity contribution in [3.63, 3.8) is 0 Å². The Morgan fingerprint density at radius 3 is 2.50 bits per heavy atom. The number of carbonyl (C=O) groups is 1. The van der Waals surface area contributed by atoms with Crippen LogP contribution < -0.4 is 14.8 Å². The van der Waals surface area contributed by atoms with Crippen LogP contribution in [0.15, 0.2) is 30.9 Å². The molecule has 3 aromatic heterocycles. The van der Waals surface area contributed by atoms with Crippen molar-refractivity contribution in [1.29, 1.82) is 0 Å². The molecule has 0 aliphatic heterocycles. The molecule has 1 aliphatic rings. The number of alkyl halides is 6. The number of ether oxygens (including phenoxy) is 2. The van der Waals surface area contributed by atoms with Gasteiger partial charge in [-0.3, -0.25) is 4.98 Å². The Balaban J connectivity index is 1.74. The lowest BCUT2D eigenvalue weighted by atomic mass is 10.1. The number of methoxy groups -OCH3 is 2. The van der Waals surface area contributed by atoms with Gasteiger partial charge in [0.2, 0.25) is 0 Å². The number of aromatic nitrogens is 4. The summed E-state index contributed by atoms with van der Waals surface area (Å²) < 4.78 is 95.0. The number of fused-ring (bicyclic) bond motifs is 1. The zero-order valence-corrected chi connectivity index (χ0v) is 20.7. The number of urea groups is 1. The fourth-order valence-electron chi connectivity index (χ4n) is 4.21. The molecule has 4 rings (SSSR count). The van der Waals surface area contributed by atoms with E-state index in [1.807, 2.05) is 0 Å². The zero-order chi connectivity index (χ0) is 28.0. The summed E-state index contributed by atoms with van der Waals surface area (Å²) in [6.45, 7) is 1.74. The number of nitrogens with one attached hydrogen (secondary N) is 1. The number of rotatable bonds is 7. The summed E-state index contributed by atoms with van der Waals surface area (Å²) in [7, 11) is 2.66. The van der Waals surface area contributed by atoms with E-state index in [1.54, 1.807) is 10.6 Å². The molecule has 15 heteroatoms. The van der Waals surface area contributed by atoms with Gasteiger partial charge in [-0.25, -0.2) is 14.8 Å². The lowest BCUT2D eigenvalue weighted by Crippen LogP contribution is -2.49. The van der Waals surface area contributed by atoms with Gasteiger partial charge in [0.05, 0.1) is 37.2 Å². The Bertz CT molecular complexity index is 1340. The minimum Gasteiger partial charge on any atom is -0.494 e. The second-order valence-corrected chi connectivity index (χ2v) is 8.95. The summed E-state index contributed by atoms with van der Waals surface area (Å²) in [4.78, 5) is 25.6. The highest BCUT2D eigenvalue weighted by Gasteiger charge is 2.68. The predicted molar refractivity (Wildman–Crippen MR) is 122 cm³/mol. The largest absolute Gasteiger partial charge is 0.494 e. The highest BCUT2D eigenvalue weighted by atomic mass is 19.4. The van der Waals surface area contributed by atoms with Gasteiger partial charge >= 0.3 is 18.4 Å². The molecule has 0 saturated heterocycles. The number of hydrogen-bond donors (Lipinski definition) is 1. The van der Waals surface area contributed by atoms with Gasteiger partial charge in [0, 0.05) is 36.7 Å². The number of carbonyl (C=O) groups excluding carboxylic acids is 1. The smallest absolute Gasteiger partial charge is 0.414 e. The van der Waals surface area contributed by atoms with Crippen LogP contribution in [0, 0.1) is 5.41 Å². The normalized spacial score (nSPS) is 20.2. The summed E-state index contributed by atoms with van der Waals surface area (Å²) >= 11 is 0. The fraction of sp³-hybridized carbons (Fsp3) is 0.478. The van der Waals surface area contributed by atoms with Crippen LogP contribution in [0.5, 0.6) is 11.6 Å². The van der Waals surface area contributed by atoms with E-state index >= 15 is 0 Å². The Hall–Kier alpha value is -3.78. The van der Waals surface area contributed by atoms with Crippen LogP contribution in [0.25, 0.3) is 16.9 Å². The van der Waals surface area contributed by atoms with E-state index in [-0.39, 0.29) is 22.9 Å². The lowest BCUT2D eigenvalue weighted by Gasteiger charge is -2.32. The minimum atomic E-state index is -5.01. The fourth-order valence-corrected chi connectivity index (χ4v) is 4.21. The zero-order valence-electron chi connectivity index (χ0n) is 20.7. The third-order valence-electron chi connectivity index (χ3n) is 6.61.